The summed E-state index contributed by atoms with van der Waals surface area (Å²) >= 11 is 5.89. The van der Waals surface area contributed by atoms with Gasteiger partial charge in [-0.05, 0) is 13.0 Å². The van der Waals surface area contributed by atoms with E-state index in [2.05, 4.69) is 0 Å². The second kappa shape index (κ2) is 4.89. The zero-order valence-corrected chi connectivity index (χ0v) is 9.03. The molecule has 0 radical (unpaired) electrons. The van der Waals surface area contributed by atoms with E-state index in [0.29, 0.717) is 17.1 Å². The summed E-state index contributed by atoms with van der Waals surface area (Å²) in [4.78, 5) is 11.0. The molecule has 1 aromatic rings. The molecule has 4 nitrogen and oxygen atoms in total. The molecule has 2 N–H and O–H groups in total. The molecular weight excluding hydrogens is 216 g/mol. The van der Waals surface area contributed by atoms with Gasteiger partial charge in [-0.3, -0.25) is 0 Å². The van der Waals surface area contributed by atoms with Crippen molar-refractivity contribution in [1.29, 1.82) is 5.53 Å². The Morgan fingerprint density at radius 1 is 1.60 bits per heavy atom. The number of likely N-dealkylation sites (N-methyl/N-ethyl adjacent to an activating group) is 1. The number of hydrogen-bond donors (Lipinski definition) is 2. The quantitative estimate of drug-likeness (QED) is 0.613. The Hall–Kier alpha value is -1.42. The third-order valence-corrected chi connectivity index (χ3v) is 2.43. The molecule has 1 atom stereocenters. The zero-order valence-electron chi connectivity index (χ0n) is 8.27. The predicted octanol–water partition coefficient (Wildman–Crippen LogP) is 2.53. The van der Waals surface area contributed by atoms with Crippen LogP contribution in [0.25, 0.3) is 0 Å². The normalized spacial score (nSPS) is 12.1. The lowest BCUT2D eigenvalue weighted by atomic mass is 10.1. The highest BCUT2D eigenvalue weighted by Crippen LogP contribution is 2.25. The summed E-state index contributed by atoms with van der Waals surface area (Å²) in [6.07, 6.45) is 0. The summed E-state index contributed by atoms with van der Waals surface area (Å²) < 4.78 is 0.990. The van der Waals surface area contributed by atoms with Crippen LogP contribution in [0.3, 0.4) is 0 Å². The first-order chi connectivity index (χ1) is 7.07. The lowest BCUT2D eigenvalue weighted by molar-refractivity contribution is -0.640. The molecule has 0 aliphatic heterocycles. The molecule has 0 heterocycles. The number of aliphatic carboxylic acids is 1. The van der Waals surface area contributed by atoms with E-state index in [4.69, 9.17) is 22.2 Å². The van der Waals surface area contributed by atoms with E-state index >= 15 is 0 Å². The van der Waals surface area contributed by atoms with Crippen molar-refractivity contribution in [1.82, 2.24) is 0 Å². The van der Waals surface area contributed by atoms with Gasteiger partial charge in [0.25, 0.3) is 6.04 Å². The van der Waals surface area contributed by atoms with Crippen LogP contribution in [0, 0.1) is 5.53 Å². The largest absolute Gasteiger partial charge is 0.476 e. The van der Waals surface area contributed by atoms with Crippen molar-refractivity contribution in [2.75, 3.05) is 6.54 Å². The lowest BCUT2D eigenvalue weighted by Gasteiger charge is -2.08. The number of carbonyl (C=O) groups is 1. The Labute approximate surface area is 92.6 Å². The second-order valence-corrected chi connectivity index (χ2v) is 3.46. The first-order valence-corrected chi connectivity index (χ1v) is 4.90. The minimum absolute atomic E-state index is 0.322. The molecule has 0 fully saturated rings. The van der Waals surface area contributed by atoms with Crippen LogP contribution in [0.4, 0.5) is 0 Å². The fourth-order valence-corrected chi connectivity index (χ4v) is 1.55. The van der Waals surface area contributed by atoms with Crippen molar-refractivity contribution in [2.24, 2.45) is 0 Å². The van der Waals surface area contributed by atoms with Gasteiger partial charge in [-0.25, -0.2) is 4.79 Å². The fraction of sp³-hybridized carbons (Fsp3) is 0.300. The molecule has 0 saturated heterocycles. The zero-order chi connectivity index (χ0) is 11.4. The molecule has 15 heavy (non-hydrogen) atoms. The van der Waals surface area contributed by atoms with Crippen LogP contribution in [0.1, 0.15) is 18.5 Å². The Morgan fingerprint density at radius 2 is 2.20 bits per heavy atom. The van der Waals surface area contributed by atoms with Crippen LogP contribution in [0.5, 0.6) is 0 Å². The molecule has 0 saturated carbocycles. The third kappa shape index (κ3) is 2.53. The summed E-state index contributed by atoms with van der Waals surface area (Å²) in [5.41, 5.74) is 7.98. The summed E-state index contributed by atoms with van der Waals surface area (Å²) in [6, 6.07) is 5.67. The Kier molecular flexibility index (Phi) is 3.80. The van der Waals surface area contributed by atoms with Crippen LogP contribution in [0.2, 0.25) is 5.02 Å². The van der Waals surface area contributed by atoms with Crippen molar-refractivity contribution in [3.8, 4) is 0 Å². The van der Waals surface area contributed by atoms with Gasteiger partial charge in [-0.2, -0.15) is 0 Å². The van der Waals surface area contributed by atoms with E-state index < -0.39 is 12.0 Å². The van der Waals surface area contributed by atoms with Crippen LogP contribution >= 0.6 is 11.6 Å². The van der Waals surface area contributed by atoms with Crippen molar-refractivity contribution < 1.29 is 14.6 Å². The maximum Gasteiger partial charge on any atom is 0.380 e. The van der Waals surface area contributed by atoms with Gasteiger partial charge in [0.15, 0.2) is 6.54 Å². The molecule has 5 heteroatoms. The topological polar surface area (TPSA) is 64.2 Å². The van der Waals surface area contributed by atoms with Crippen molar-refractivity contribution in [3.05, 3.63) is 34.9 Å². The van der Waals surface area contributed by atoms with Crippen LogP contribution < -0.4 is 0 Å². The van der Waals surface area contributed by atoms with E-state index in [-0.39, 0.29) is 0 Å². The molecule has 0 spiro atoms. The summed E-state index contributed by atoms with van der Waals surface area (Å²) in [7, 11) is 0. The Bertz CT molecular complexity index is 393. The molecule has 80 valence electrons. The fourth-order valence-electron chi connectivity index (χ4n) is 1.31. The van der Waals surface area contributed by atoms with Gasteiger partial charge in [0.1, 0.15) is 0 Å². The smallest absolute Gasteiger partial charge is 0.380 e. The number of benzene rings is 1. The lowest BCUT2D eigenvalue weighted by Crippen LogP contribution is -2.24. The average molecular weight is 228 g/mol. The molecule has 0 aromatic heterocycles. The highest BCUT2D eigenvalue weighted by Gasteiger charge is 2.32. The molecule has 0 aliphatic carbocycles. The molecule has 0 aliphatic rings. The SMILES string of the molecule is CC[N+](=N)C(C(=O)O)c1ccccc1Cl. The molecule has 1 rings (SSSR count). The Balaban J connectivity index is 3.16. The van der Waals surface area contributed by atoms with Crippen molar-refractivity contribution in [3.63, 3.8) is 0 Å². The van der Waals surface area contributed by atoms with E-state index in [1.165, 1.54) is 0 Å². The third-order valence-electron chi connectivity index (χ3n) is 2.09. The van der Waals surface area contributed by atoms with Gasteiger partial charge >= 0.3 is 5.97 Å². The monoisotopic (exact) mass is 227 g/mol. The van der Waals surface area contributed by atoms with E-state index in [9.17, 15) is 4.79 Å². The van der Waals surface area contributed by atoms with Gasteiger partial charge in [-0.1, -0.05) is 35.3 Å². The number of hydrogen-bond acceptors (Lipinski definition) is 2. The molecular formula is C10H12ClN2O2+. The second-order valence-electron chi connectivity index (χ2n) is 3.05. The molecule has 1 unspecified atom stereocenters. The maximum absolute atomic E-state index is 11.0. The number of nitrogens with one attached hydrogen (secondary N) is 1. The highest BCUT2D eigenvalue weighted by molar-refractivity contribution is 6.31. The highest BCUT2D eigenvalue weighted by atomic mass is 35.5. The molecule has 0 bridgehead atoms. The van der Waals surface area contributed by atoms with E-state index in [1.54, 1.807) is 31.2 Å². The summed E-state index contributed by atoms with van der Waals surface area (Å²) in [6.45, 7) is 2.04. The van der Waals surface area contributed by atoms with Gasteiger partial charge in [-0.15, -0.1) is 4.70 Å². The van der Waals surface area contributed by atoms with Crippen LogP contribution in [-0.2, 0) is 4.79 Å². The van der Waals surface area contributed by atoms with Crippen molar-refractivity contribution >= 4 is 17.6 Å². The number of halogens is 1. The number of carboxylic acids is 1. The number of rotatable bonds is 4. The predicted molar refractivity (Wildman–Crippen MR) is 55.3 cm³/mol. The maximum atomic E-state index is 11.0. The van der Waals surface area contributed by atoms with E-state index in [0.717, 1.165) is 4.70 Å². The standard InChI is InChI=1S/C10H11ClN2O2/c1-2-13(12)9(10(14)15)7-5-3-4-6-8(7)11/h3-6,9,12H,2H2,1H3/p+1. The molecule has 0 amide bonds. The van der Waals surface area contributed by atoms with Gasteiger partial charge < -0.3 is 5.11 Å². The Morgan fingerprint density at radius 3 is 2.67 bits per heavy atom. The first kappa shape index (κ1) is 11.7. The van der Waals surface area contributed by atoms with E-state index in [1.807, 2.05) is 0 Å². The number of nitrogens with zero attached hydrogens (tertiary/aromatic N) is 1. The summed E-state index contributed by atoms with van der Waals surface area (Å²) in [5, 5.41) is 9.40. The van der Waals surface area contributed by atoms with Gasteiger partial charge in [0.05, 0.1) is 10.6 Å². The summed E-state index contributed by atoms with van der Waals surface area (Å²) in [5.74, 6) is -1.07. The number of carboxylic acid groups (broad SMARTS) is 1. The van der Waals surface area contributed by atoms with Crippen LogP contribution in [0.15, 0.2) is 24.3 Å². The minimum atomic E-state index is -1.07. The van der Waals surface area contributed by atoms with Gasteiger partial charge in [0.2, 0.25) is 0 Å². The average Bonchev–Trinajstić information content (AvgIpc) is 2.20. The van der Waals surface area contributed by atoms with Gasteiger partial charge in [0, 0.05) is 0 Å². The van der Waals surface area contributed by atoms with Crippen molar-refractivity contribution in [2.45, 2.75) is 13.0 Å². The minimum Gasteiger partial charge on any atom is -0.476 e. The van der Waals surface area contributed by atoms with Crippen LogP contribution in [-0.4, -0.2) is 22.3 Å². The molecule has 1 aromatic carbocycles. The first-order valence-electron chi connectivity index (χ1n) is 4.53.